The maximum absolute atomic E-state index is 13.5. The number of ether oxygens (including phenoxy) is 1. The molecule has 2 N–H and O–H groups in total. The van der Waals surface area contributed by atoms with E-state index in [9.17, 15) is 26.4 Å². The number of alkyl halides is 3. The molecule has 0 atom stereocenters. The average molecular weight is 573 g/mol. The Bertz CT molecular complexity index is 1450. The van der Waals surface area contributed by atoms with E-state index in [-0.39, 0.29) is 26.5 Å². The molecule has 0 saturated carbocycles. The molecule has 0 aliphatic carbocycles. The van der Waals surface area contributed by atoms with Crippen LogP contribution >= 0.6 is 15.9 Å². The second-order valence-corrected chi connectivity index (χ2v) is 9.72. The maximum atomic E-state index is 13.5. The Balaban J connectivity index is 2.21. The summed E-state index contributed by atoms with van der Waals surface area (Å²) in [6, 6.07) is 10.1. The summed E-state index contributed by atoms with van der Waals surface area (Å²) >= 11 is 3.06. The van der Waals surface area contributed by atoms with Crippen molar-refractivity contribution in [2.75, 3.05) is 13.4 Å². The van der Waals surface area contributed by atoms with E-state index in [0.29, 0.717) is 0 Å². The molecular weight excluding hydrogens is 557 g/mol. The van der Waals surface area contributed by atoms with Gasteiger partial charge in [-0.2, -0.15) is 13.2 Å². The predicted octanol–water partition coefficient (Wildman–Crippen LogP) is 4.02. The first-order valence-corrected chi connectivity index (χ1v) is 12.1. The number of methoxy groups -OCH3 is 1. The van der Waals surface area contributed by atoms with Crippen molar-refractivity contribution in [3.05, 3.63) is 70.2 Å². The molecular formula is C21H16BrF3N4O5S. The molecule has 0 radical (unpaired) electrons. The van der Waals surface area contributed by atoms with Gasteiger partial charge < -0.3 is 14.9 Å². The molecule has 0 amide bonds. The average Bonchev–Trinajstić information content (AvgIpc) is 3.30. The number of sulfone groups is 1. The first kappa shape index (κ1) is 26.1. The summed E-state index contributed by atoms with van der Waals surface area (Å²) < 4.78 is 74.1. The Morgan fingerprint density at radius 3 is 2.46 bits per heavy atom. The number of hydrogen-bond acceptors (Lipinski definition) is 9. The Morgan fingerprint density at radius 2 is 1.83 bits per heavy atom. The van der Waals surface area contributed by atoms with Crippen LogP contribution < -0.4 is 5.73 Å². The van der Waals surface area contributed by atoms with Crippen LogP contribution in [0.25, 0.3) is 11.5 Å². The van der Waals surface area contributed by atoms with E-state index in [1.54, 1.807) is 0 Å². The highest BCUT2D eigenvalue weighted by Gasteiger charge is 2.34. The molecule has 0 bridgehead atoms. The number of benzene rings is 2. The number of carbonyl (C=O) groups excluding carboxylic acids is 1. The number of aliphatic imine (C=N–C) groups is 1. The molecule has 1 heterocycles. The highest BCUT2D eigenvalue weighted by Crippen LogP contribution is 2.37. The molecule has 0 saturated heterocycles. The molecule has 0 unspecified atom stereocenters. The summed E-state index contributed by atoms with van der Waals surface area (Å²) in [6.07, 6.45) is -3.72. The fraction of sp³-hybridized carbons (Fsp3) is 0.143. The number of halogens is 4. The molecule has 3 aromatic rings. The summed E-state index contributed by atoms with van der Waals surface area (Å²) in [7, 11) is -2.48. The second kappa shape index (κ2) is 10.00. The maximum Gasteiger partial charge on any atom is 0.418 e. The van der Waals surface area contributed by atoms with Crippen LogP contribution in [0.15, 0.2) is 73.0 Å². The van der Waals surface area contributed by atoms with Gasteiger partial charge in [0.05, 0.1) is 27.7 Å². The van der Waals surface area contributed by atoms with Crippen molar-refractivity contribution in [3.8, 4) is 11.5 Å². The number of aromatic nitrogens is 2. The number of allylic oxidation sites excluding steroid dienone is 1. The number of rotatable bonds is 6. The van der Waals surface area contributed by atoms with Gasteiger partial charge in [-0.25, -0.2) is 18.2 Å². The number of nitrogens with two attached hydrogens (primary N) is 1. The van der Waals surface area contributed by atoms with E-state index in [2.05, 4.69) is 35.9 Å². The van der Waals surface area contributed by atoms with Gasteiger partial charge in [0.1, 0.15) is 11.4 Å². The van der Waals surface area contributed by atoms with Gasteiger partial charge in [0.15, 0.2) is 9.84 Å². The molecule has 14 heteroatoms. The predicted molar refractivity (Wildman–Crippen MR) is 123 cm³/mol. The largest absolute Gasteiger partial charge is 0.464 e. The van der Waals surface area contributed by atoms with Gasteiger partial charge in [-0.15, -0.1) is 10.2 Å². The number of hydrogen-bond donors (Lipinski definition) is 1. The first-order valence-electron chi connectivity index (χ1n) is 9.46. The van der Waals surface area contributed by atoms with Gasteiger partial charge in [0.2, 0.25) is 5.89 Å². The fourth-order valence-electron chi connectivity index (χ4n) is 2.74. The molecule has 2 aromatic carbocycles. The number of esters is 1. The van der Waals surface area contributed by atoms with Crippen LogP contribution in [0.3, 0.4) is 0 Å². The molecule has 0 spiro atoms. The van der Waals surface area contributed by atoms with Crippen molar-refractivity contribution < 1.29 is 35.5 Å². The lowest BCUT2D eigenvalue weighted by atomic mass is 10.1. The monoisotopic (exact) mass is 572 g/mol. The van der Waals surface area contributed by atoms with Gasteiger partial charge in [-0.3, -0.25) is 0 Å². The Hall–Kier alpha value is -3.52. The highest BCUT2D eigenvalue weighted by atomic mass is 79.9. The first-order chi connectivity index (χ1) is 16.3. The third kappa shape index (κ3) is 5.95. The fourth-order valence-corrected chi connectivity index (χ4v) is 3.83. The van der Waals surface area contributed by atoms with Crippen LogP contribution in [0.4, 0.5) is 18.9 Å². The van der Waals surface area contributed by atoms with Crippen LogP contribution in [0, 0.1) is 0 Å². The van der Waals surface area contributed by atoms with Gasteiger partial charge in [-0.1, -0.05) is 18.2 Å². The number of para-hydroxylation sites is 1. The zero-order valence-corrected chi connectivity index (χ0v) is 20.4. The van der Waals surface area contributed by atoms with E-state index in [1.807, 2.05) is 0 Å². The van der Waals surface area contributed by atoms with Crippen molar-refractivity contribution in [1.82, 2.24) is 10.2 Å². The van der Waals surface area contributed by atoms with Gasteiger partial charge in [-0.05, 0) is 46.3 Å². The van der Waals surface area contributed by atoms with Crippen LogP contribution in [0.5, 0.6) is 0 Å². The third-order valence-corrected chi connectivity index (χ3v) is 6.34. The Morgan fingerprint density at radius 1 is 1.14 bits per heavy atom. The van der Waals surface area contributed by atoms with Gasteiger partial charge in [0.25, 0.3) is 5.89 Å². The molecule has 0 fully saturated rings. The normalized spacial score (nSPS) is 13.4. The summed E-state index contributed by atoms with van der Waals surface area (Å²) in [4.78, 5) is 15.9. The van der Waals surface area contributed by atoms with Crippen LogP contribution in [0.2, 0.25) is 0 Å². The summed E-state index contributed by atoms with van der Waals surface area (Å²) in [6.45, 7) is 0. The quantitative estimate of drug-likeness (QED) is 0.265. The van der Waals surface area contributed by atoms with E-state index < -0.39 is 44.8 Å². The molecule has 35 heavy (non-hydrogen) atoms. The van der Waals surface area contributed by atoms with Crippen molar-refractivity contribution in [1.29, 1.82) is 0 Å². The van der Waals surface area contributed by atoms with E-state index in [1.165, 1.54) is 36.4 Å². The van der Waals surface area contributed by atoms with E-state index in [0.717, 1.165) is 25.5 Å². The second-order valence-electron chi connectivity index (χ2n) is 6.91. The topological polar surface area (TPSA) is 138 Å². The molecule has 9 nitrogen and oxygen atoms in total. The van der Waals surface area contributed by atoms with E-state index >= 15 is 0 Å². The summed E-state index contributed by atoms with van der Waals surface area (Å²) in [5, 5.41) is 7.65. The lowest BCUT2D eigenvalue weighted by molar-refractivity contribution is -0.137. The molecule has 0 aliphatic rings. The van der Waals surface area contributed by atoms with Crippen molar-refractivity contribution in [2.24, 2.45) is 10.7 Å². The standard InChI is InChI=1S/C21H16BrF3N4O5S/c1-33-20(30)16(26)15(22)17(27-14-9-4-3-8-13(14)21(23,24)25)19-29-28-18(34-19)11-6-5-7-12(10-11)35(2,31)32/h3-10H,26H2,1-2H3/b16-15+,27-17?. The Kier molecular flexibility index (Phi) is 7.45. The lowest BCUT2D eigenvalue weighted by Gasteiger charge is -2.11. The molecule has 184 valence electrons. The summed E-state index contributed by atoms with van der Waals surface area (Å²) in [5.74, 6) is -1.55. The zero-order chi connectivity index (χ0) is 26.0. The third-order valence-electron chi connectivity index (χ3n) is 4.43. The minimum Gasteiger partial charge on any atom is -0.464 e. The Labute approximate surface area is 205 Å². The molecule has 3 rings (SSSR count). The smallest absolute Gasteiger partial charge is 0.418 e. The molecule has 1 aromatic heterocycles. The van der Waals surface area contributed by atoms with Crippen LogP contribution in [-0.4, -0.2) is 43.7 Å². The number of nitrogens with zero attached hydrogens (tertiary/aromatic N) is 3. The number of carbonyl (C=O) groups is 1. The lowest BCUT2D eigenvalue weighted by Crippen LogP contribution is -2.18. The van der Waals surface area contributed by atoms with Crippen LogP contribution in [0.1, 0.15) is 11.5 Å². The minimum atomic E-state index is -4.73. The zero-order valence-electron chi connectivity index (χ0n) is 18.0. The van der Waals surface area contributed by atoms with Crippen molar-refractivity contribution in [3.63, 3.8) is 0 Å². The SMILES string of the molecule is COC(=O)/C(N)=C(\Br)C(=Nc1ccccc1C(F)(F)F)c1nnc(-c2cccc(S(C)(=O)=O)c2)o1. The van der Waals surface area contributed by atoms with Gasteiger partial charge >= 0.3 is 12.1 Å². The van der Waals surface area contributed by atoms with Crippen molar-refractivity contribution in [2.45, 2.75) is 11.1 Å². The van der Waals surface area contributed by atoms with Gasteiger partial charge in [0, 0.05) is 11.8 Å². The van der Waals surface area contributed by atoms with E-state index in [4.69, 9.17) is 10.2 Å². The minimum absolute atomic E-state index is 0.0150. The molecule has 0 aliphatic heterocycles. The summed E-state index contributed by atoms with van der Waals surface area (Å²) in [5.41, 5.74) is 3.52. The van der Waals surface area contributed by atoms with Crippen molar-refractivity contribution >= 4 is 43.1 Å². The highest BCUT2D eigenvalue weighted by molar-refractivity contribution is 9.12. The van der Waals surface area contributed by atoms with Crippen LogP contribution in [-0.2, 0) is 25.5 Å².